The molecule has 1 atom stereocenters. The first kappa shape index (κ1) is 9.48. The monoisotopic (exact) mass is 174 g/mol. The number of aliphatic hydroxyl groups excluding tert-OH is 1. The van der Waals surface area contributed by atoms with Gasteiger partial charge in [-0.05, 0) is 19.8 Å². The summed E-state index contributed by atoms with van der Waals surface area (Å²) in [6.45, 7) is 2.56. The van der Waals surface area contributed by atoms with Gasteiger partial charge in [0.1, 0.15) is 0 Å². The van der Waals surface area contributed by atoms with Crippen LogP contribution in [0.25, 0.3) is 0 Å². The van der Waals surface area contributed by atoms with E-state index >= 15 is 0 Å². The standard InChI is InChI=1S/C8H14O4/c1-2-12-6-3-5(4-6)7(9)8(10)11/h5-7,9H,2-4H2,1H3,(H,10,11). The molecule has 0 heterocycles. The zero-order valence-corrected chi connectivity index (χ0v) is 7.06. The van der Waals surface area contributed by atoms with E-state index in [2.05, 4.69) is 0 Å². The first-order valence-corrected chi connectivity index (χ1v) is 4.17. The molecule has 0 aromatic carbocycles. The van der Waals surface area contributed by atoms with Gasteiger partial charge in [0, 0.05) is 12.5 Å². The van der Waals surface area contributed by atoms with Gasteiger partial charge in [-0.15, -0.1) is 0 Å². The Morgan fingerprint density at radius 3 is 2.67 bits per heavy atom. The number of aliphatic carboxylic acids is 1. The lowest BCUT2D eigenvalue weighted by atomic mass is 9.78. The number of carboxylic acid groups (broad SMARTS) is 1. The molecule has 0 bridgehead atoms. The van der Waals surface area contributed by atoms with Crippen molar-refractivity contribution in [3.63, 3.8) is 0 Å². The molecule has 4 nitrogen and oxygen atoms in total. The maximum Gasteiger partial charge on any atom is 0.332 e. The Bertz CT molecular complexity index is 162. The molecule has 1 saturated carbocycles. The molecule has 0 radical (unpaired) electrons. The fourth-order valence-corrected chi connectivity index (χ4v) is 1.44. The van der Waals surface area contributed by atoms with Crippen LogP contribution in [0.4, 0.5) is 0 Å². The minimum Gasteiger partial charge on any atom is -0.479 e. The Morgan fingerprint density at radius 2 is 2.25 bits per heavy atom. The van der Waals surface area contributed by atoms with E-state index in [9.17, 15) is 4.79 Å². The maximum absolute atomic E-state index is 10.3. The van der Waals surface area contributed by atoms with Crippen LogP contribution in [0.2, 0.25) is 0 Å². The van der Waals surface area contributed by atoms with Crippen LogP contribution in [-0.4, -0.2) is 35.0 Å². The topological polar surface area (TPSA) is 66.8 Å². The van der Waals surface area contributed by atoms with Gasteiger partial charge in [0.25, 0.3) is 0 Å². The Labute approximate surface area is 71.2 Å². The van der Waals surface area contributed by atoms with Gasteiger partial charge in [0.15, 0.2) is 6.10 Å². The Morgan fingerprint density at radius 1 is 1.67 bits per heavy atom. The molecule has 1 rings (SSSR count). The van der Waals surface area contributed by atoms with Crippen LogP contribution in [0.1, 0.15) is 19.8 Å². The second-order valence-corrected chi connectivity index (χ2v) is 3.09. The van der Waals surface area contributed by atoms with Crippen LogP contribution in [0.5, 0.6) is 0 Å². The van der Waals surface area contributed by atoms with Crippen molar-refractivity contribution in [2.45, 2.75) is 32.0 Å². The van der Waals surface area contributed by atoms with E-state index in [1.165, 1.54) is 0 Å². The molecule has 1 aliphatic carbocycles. The number of carboxylic acids is 1. The molecule has 70 valence electrons. The first-order chi connectivity index (χ1) is 5.65. The molecule has 12 heavy (non-hydrogen) atoms. The number of aliphatic hydroxyl groups is 1. The molecule has 0 amide bonds. The van der Waals surface area contributed by atoms with Crippen molar-refractivity contribution in [3.8, 4) is 0 Å². The van der Waals surface area contributed by atoms with Gasteiger partial charge in [0.05, 0.1) is 6.10 Å². The number of rotatable bonds is 4. The maximum atomic E-state index is 10.3. The third-order valence-corrected chi connectivity index (χ3v) is 2.23. The van der Waals surface area contributed by atoms with Crippen molar-refractivity contribution < 1.29 is 19.7 Å². The molecule has 4 heteroatoms. The third kappa shape index (κ3) is 1.95. The summed E-state index contributed by atoms with van der Waals surface area (Å²) in [6.07, 6.45) is 0.290. The van der Waals surface area contributed by atoms with Gasteiger partial charge in [-0.2, -0.15) is 0 Å². The highest BCUT2D eigenvalue weighted by Gasteiger charge is 2.37. The van der Waals surface area contributed by atoms with Crippen LogP contribution < -0.4 is 0 Å². The van der Waals surface area contributed by atoms with E-state index in [1.807, 2.05) is 6.92 Å². The fraction of sp³-hybridized carbons (Fsp3) is 0.875. The highest BCUT2D eigenvalue weighted by Crippen LogP contribution is 2.32. The average molecular weight is 174 g/mol. The molecule has 0 aliphatic heterocycles. The van der Waals surface area contributed by atoms with Crippen molar-refractivity contribution in [2.24, 2.45) is 5.92 Å². The van der Waals surface area contributed by atoms with Crippen LogP contribution in [0.3, 0.4) is 0 Å². The molecule has 1 aliphatic rings. The molecule has 0 aromatic heterocycles. The summed E-state index contributed by atoms with van der Waals surface area (Å²) < 4.78 is 5.23. The highest BCUT2D eigenvalue weighted by atomic mass is 16.5. The smallest absolute Gasteiger partial charge is 0.332 e. The SMILES string of the molecule is CCOC1CC(C(O)C(=O)O)C1. The summed E-state index contributed by atoms with van der Waals surface area (Å²) in [5, 5.41) is 17.5. The normalized spacial score (nSPS) is 30.8. The highest BCUT2D eigenvalue weighted by molar-refractivity contribution is 5.72. The molecule has 0 aromatic rings. The van der Waals surface area contributed by atoms with E-state index in [0.717, 1.165) is 0 Å². The van der Waals surface area contributed by atoms with Gasteiger partial charge >= 0.3 is 5.97 Å². The molecular formula is C8H14O4. The molecule has 2 N–H and O–H groups in total. The number of carbonyl (C=O) groups is 1. The van der Waals surface area contributed by atoms with Crippen LogP contribution in [-0.2, 0) is 9.53 Å². The minimum atomic E-state index is -1.21. The second-order valence-electron chi connectivity index (χ2n) is 3.09. The van der Waals surface area contributed by atoms with Crippen molar-refractivity contribution in [1.29, 1.82) is 0 Å². The largest absolute Gasteiger partial charge is 0.479 e. The van der Waals surface area contributed by atoms with E-state index in [4.69, 9.17) is 14.9 Å². The predicted octanol–water partition coefficient (Wildman–Crippen LogP) is 0.247. The second kappa shape index (κ2) is 3.87. The van der Waals surface area contributed by atoms with Gasteiger partial charge < -0.3 is 14.9 Å². The van der Waals surface area contributed by atoms with Gasteiger partial charge in [-0.25, -0.2) is 4.79 Å². The number of hydrogen-bond donors (Lipinski definition) is 2. The Balaban J connectivity index is 2.20. The summed E-state index contributed by atoms with van der Waals surface area (Å²) >= 11 is 0. The molecule has 1 fully saturated rings. The zero-order chi connectivity index (χ0) is 9.14. The lowest BCUT2D eigenvalue weighted by Crippen LogP contribution is -2.42. The van der Waals surface area contributed by atoms with Gasteiger partial charge in [-0.1, -0.05) is 0 Å². The fourth-order valence-electron chi connectivity index (χ4n) is 1.44. The van der Waals surface area contributed by atoms with Crippen molar-refractivity contribution in [3.05, 3.63) is 0 Å². The summed E-state index contributed by atoms with van der Waals surface area (Å²) in [5.41, 5.74) is 0. The Kier molecular flexibility index (Phi) is 3.05. The quantitative estimate of drug-likeness (QED) is 0.641. The van der Waals surface area contributed by atoms with E-state index in [1.54, 1.807) is 0 Å². The molecule has 0 saturated heterocycles. The van der Waals surface area contributed by atoms with Crippen molar-refractivity contribution in [1.82, 2.24) is 0 Å². The van der Waals surface area contributed by atoms with Crippen LogP contribution in [0.15, 0.2) is 0 Å². The average Bonchev–Trinajstić information content (AvgIpc) is 1.94. The van der Waals surface area contributed by atoms with Gasteiger partial charge in [-0.3, -0.25) is 0 Å². The predicted molar refractivity (Wildman–Crippen MR) is 41.8 cm³/mol. The summed E-state index contributed by atoms with van der Waals surface area (Å²) in [5.74, 6) is -1.24. The zero-order valence-electron chi connectivity index (χ0n) is 7.06. The van der Waals surface area contributed by atoms with Crippen molar-refractivity contribution in [2.75, 3.05) is 6.61 Å². The molecule has 1 unspecified atom stereocenters. The van der Waals surface area contributed by atoms with E-state index in [-0.39, 0.29) is 12.0 Å². The summed E-state index contributed by atoms with van der Waals surface area (Å²) in [4.78, 5) is 10.3. The number of ether oxygens (including phenoxy) is 1. The van der Waals surface area contributed by atoms with Crippen molar-refractivity contribution >= 4 is 5.97 Å². The first-order valence-electron chi connectivity index (χ1n) is 4.17. The van der Waals surface area contributed by atoms with Gasteiger partial charge in [0.2, 0.25) is 0 Å². The molecular weight excluding hydrogens is 160 g/mol. The summed E-state index contributed by atoms with van der Waals surface area (Å²) in [6, 6.07) is 0. The lowest BCUT2D eigenvalue weighted by Gasteiger charge is -2.36. The minimum absolute atomic E-state index is 0.112. The van der Waals surface area contributed by atoms with E-state index in [0.29, 0.717) is 19.4 Å². The van der Waals surface area contributed by atoms with E-state index < -0.39 is 12.1 Å². The molecule has 0 spiro atoms. The lowest BCUT2D eigenvalue weighted by molar-refractivity contribution is -0.156. The Hall–Kier alpha value is -0.610. The van der Waals surface area contributed by atoms with Crippen LogP contribution >= 0.6 is 0 Å². The number of hydrogen-bond acceptors (Lipinski definition) is 3. The van der Waals surface area contributed by atoms with Crippen LogP contribution in [0, 0.1) is 5.92 Å². The summed E-state index contributed by atoms with van der Waals surface area (Å²) in [7, 11) is 0. The third-order valence-electron chi connectivity index (χ3n) is 2.23.